The third-order valence-electron chi connectivity index (χ3n) is 2.81. The van der Waals surface area contributed by atoms with Crippen LogP contribution in [-0.4, -0.2) is 6.29 Å². The lowest BCUT2D eigenvalue weighted by molar-refractivity contribution is -0.111. The van der Waals surface area contributed by atoms with Gasteiger partial charge in [-0.05, 0) is 31.1 Å². The number of rotatable bonds is 1. The van der Waals surface area contributed by atoms with Crippen LogP contribution in [0.2, 0.25) is 0 Å². The minimum Gasteiger partial charge on any atom is -0.303 e. The van der Waals surface area contributed by atoms with E-state index in [0.717, 1.165) is 25.0 Å². The quantitative estimate of drug-likeness (QED) is 0.396. The Balaban J connectivity index is 2.15. The van der Waals surface area contributed by atoms with E-state index in [2.05, 4.69) is 12.2 Å². The summed E-state index contributed by atoms with van der Waals surface area (Å²) in [7, 11) is 0. The molecule has 54 valence electrons. The zero-order valence-corrected chi connectivity index (χ0v) is 5.99. The zero-order chi connectivity index (χ0) is 6.97. The molecule has 0 aromatic carbocycles. The van der Waals surface area contributed by atoms with Crippen molar-refractivity contribution in [1.82, 2.24) is 0 Å². The molecule has 0 spiro atoms. The van der Waals surface area contributed by atoms with Gasteiger partial charge in [0, 0.05) is 5.92 Å². The zero-order valence-electron chi connectivity index (χ0n) is 5.99. The van der Waals surface area contributed by atoms with Crippen LogP contribution < -0.4 is 0 Å². The van der Waals surface area contributed by atoms with Crippen LogP contribution in [0.3, 0.4) is 0 Å². The number of fused-ring (bicyclic) bond motifs is 2. The average molecular weight is 136 g/mol. The maximum absolute atomic E-state index is 10.5. The Labute approximate surface area is 61.1 Å². The van der Waals surface area contributed by atoms with Crippen molar-refractivity contribution in [2.75, 3.05) is 0 Å². The van der Waals surface area contributed by atoms with E-state index in [9.17, 15) is 4.79 Å². The number of aldehydes is 1. The summed E-state index contributed by atoms with van der Waals surface area (Å²) in [4.78, 5) is 10.5. The van der Waals surface area contributed by atoms with Gasteiger partial charge in [0.2, 0.25) is 0 Å². The monoisotopic (exact) mass is 136 g/mol. The van der Waals surface area contributed by atoms with Crippen molar-refractivity contribution in [2.24, 2.45) is 17.8 Å². The summed E-state index contributed by atoms with van der Waals surface area (Å²) in [5.41, 5.74) is 0. The van der Waals surface area contributed by atoms with Crippen molar-refractivity contribution in [3.63, 3.8) is 0 Å². The predicted molar refractivity (Wildman–Crippen MR) is 39.5 cm³/mol. The molecule has 2 aliphatic rings. The van der Waals surface area contributed by atoms with E-state index < -0.39 is 0 Å². The maximum Gasteiger partial charge on any atom is 0.123 e. The minimum absolute atomic E-state index is 0.375. The Morgan fingerprint density at radius 2 is 2.30 bits per heavy atom. The molecule has 3 atom stereocenters. The smallest absolute Gasteiger partial charge is 0.123 e. The van der Waals surface area contributed by atoms with Crippen LogP contribution in [0.4, 0.5) is 0 Å². The molecule has 0 unspecified atom stereocenters. The Morgan fingerprint density at radius 3 is 3.00 bits per heavy atom. The van der Waals surface area contributed by atoms with Crippen molar-refractivity contribution < 1.29 is 4.79 Å². The second-order valence-electron chi connectivity index (χ2n) is 3.46. The summed E-state index contributed by atoms with van der Waals surface area (Å²) in [5.74, 6) is 1.79. The molecule has 2 rings (SSSR count). The van der Waals surface area contributed by atoms with Crippen LogP contribution in [0.25, 0.3) is 0 Å². The van der Waals surface area contributed by atoms with Crippen LogP contribution in [0, 0.1) is 17.8 Å². The van der Waals surface area contributed by atoms with Gasteiger partial charge in [0.1, 0.15) is 6.29 Å². The van der Waals surface area contributed by atoms with Gasteiger partial charge in [-0.2, -0.15) is 0 Å². The molecule has 1 saturated carbocycles. The number of hydrogen-bond donors (Lipinski definition) is 0. The molecular weight excluding hydrogens is 124 g/mol. The maximum atomic E-state index is 10.5. The van der Waals surface area contributed by atoms with E-state index in [4.69, 9.17) is 0 Å². The van der Waals surface area contributed by atoms with Crippen molar-refractivity contribution in [2.45, 2.75) is 19.3 Å². The topological polar surface area (TPSA) is 17.1 Å². The first-order chi connectivity index (χ1) is 4.90. The number of hydrogen-bond acceptors (Lipinski definition) is 1. The van der Waals surface area contributed by atoms with Gasteiger partial charge in [-0.25, -0.2) is 0 Å². The highest BCUT2D eigenvalue weighted by atomic mass is 16.1. The highest BCUT2D eigenvalue weighted by molar-refractivity contribution is 5.55. The molecule has 1 fully saturated rings. The summed E-state index contributed by atoms with van der Waals surface area (Å²) in [6.45, 7) is 0. The van der Waals surface area contributed by atoms with Crippen LogP contribution in [0.5, 0.6) is 0 Å². The number of carbonyl (C=O) groups excluding carboxylic acids is 1. The Kier molecular flexibility index (Phi) is 1.37. The first kappa shape index (κ1) is 6.14. The summed E-state index contributed by atoms with van der Waals surface area (Å²) < 4.78 is 0. The van der Waals surface area contributed by atoms with E-state index in [1.54, 1.807) is 0 Å². The summed E-state index contributed by atoms with van der Waals surface area (Å²) in [6.07, 6.45) is 9.18. The van der Waals surface area contributed by atoms with E-state index in [1.165, 1.54) is 6.42 Å². The Morgan fingerprint density at radius 1 is 1.40 bits per heavy atom. The van der Waals surface area contributed by atoms with Gasteiger partial charge in [-0.3, -0.25) is 0 Å². The molecule has 0 aliphatic heterocycles. The average Bonchev–Trinajstić information content (AvgIpc) is 2.26. The summed E-state index contributed by atoms with van der Waals surface area (Å²) in [5, 5.41) is 0. The highest BCUT2D eigenvalue weighted by Gasteiger charge is 2.33. The van der Waals surface area contributed by atoms with Gasteiger partial charge in [-0.1, -0.05) is 12.2 Å². The lowest BCUT2D eigenvalue weighted by atomic mass is 9.92. The third kappa shape index (κ3) is 0.808. The summed E-state index contributed by atoms with van der Waals surface area (Å²) in [6, 6.07) is 0. The van der Waals surface area contributed by atoms with Crippen LogP contribution in [0.1, 0.15) is 19.3 Å². The molecule has 0 heterocycles. The molecular formula is C9H12O. The largest absolute Gasteiger partial charge is 0.303 e. The molecule has 2 aliphatic carbocycles. The minimum atomic E-state index is 0.375. The molecule has 1 heteroatoms. The van der Waals surface area contributed by atoms with Crippen molar-refractivity contribution in [3.05, 3.63) is 12.2 Å². The number of carbonyl (C=O) groups is 1. The fourth-order valence-corrected chi connectivity index (χ4v) is 2.24. The molecule has 0 N–H and O–H groups in total. The number of allylic oxidation sites excluding steroid dienone is 2. The molecule has 0 amide bonds. The normalized spacial score (nSPS) is 43.8. The first-order valence-corrected chi connectivity index (χ1v) is 4.02. The highest BCUT2D eigenvalue weighted by Crippen LogP contribution is 2.41. The van der Waals surface area contributed by atoms with Gasteiger partial charge in [-0.15, -0.1) is 0 Å². The van der Waals surface area contributed by atoms with Gasteiger partial charge >= 0.3 is 0 Å². The van der Waals surface area contributed by atoms with Crippen LogP contribution >= 0.6 is 0 Å². The van der Waals surface area contributed by atoms with Gasteiger partial charge < -0.3 is 4.79 Å². The van der Waals surface area contributed by atoms with E-state index in [1.807, 2.05) is 0 Å². The fraction of sp³-hybridized carbons (Fsp3) is 0.667. The van der Waals surface area contributed by atoms with Gasteiger partial charge in [0.05, 0.1) is 0 Å². The van der Waals surface area contributed by atoms with Crippen molar-refractivity contribution in [3.8, 4) is 0 Å². The lowest BCUT2D eigenvalue weighted by Gasteiger charge is -2.12. The third-order valence-corrected chi connectivity index (χ3v) is 2.81. The molecule has 0 aromatic heterocycles. The SMILES string of the molecule is O=C[C@H]1C[C@H]2C=CC[C@H]1C2. The van der Waals surface area contributed by atoms with E-state index >= 15 is 0 Å². The van der Waals surface area contributed by atoms with E-state index in [-0.39, 0.29) is 0 Å². The molecule has 0 saturated heterocycles. The first-order valence-electron chi connectivity index (χ1n) is 4.02. The summed E-state index contributed by atoms with van der Waals surface area (Å²) >= 11 is 0. The fourth-order valence-electron chi connectivity index (χ4n) is 2.24. The molecule has 10 heavy (non-hydrogen) atoms. The standard InChI is InChI=1S/C9H12O/c10-6-9-5-7-2-1-3-8(9)4-7/h1-2,6-9H,3-5H2/t7-,8-,9+/m0/s1. The molecule has 0 radical (unpaired) electrons. The Bertz CT molecular complexity index is 172. The van der Waals surface area contributed by atoms with Crippen molar-refractivity contribution in [1.29, 1.82) is 0 Å². The second kappa shape index (κ2) is 2.22. The van der Waals surface area contributed by atoms with E-state index in [0.29, 0.717) is 11.8 Å². The second-order valence-corrected chi connectivity index (χ2v) is 3.46. The lowest BCUT2D eigenvalue weighted by Crippen LogP contribution is -2.07. The van der Waals surface area contributed by atoms with Gasteiger partial charge in [0.25, 0.3) is 0 Å². The van der Waals surface area contributed by atoms with Gasteiger partial charge in [0.15, 0.2) is 0 Å². The molecule has 2 bridgehead atoms. The predicted octanol–water partition coefficient (Wildman–Crippen LogP) is 1.79. The molecule has 0 aromatic rings. The van der Waals surface area contributed by atoms with Crippen LogP contribution in [0.15, 0.2) is 12.2 Å². The van der Waals surface area contributed by atoms with Crippen LogP contribution in [-0.2, 0) is 4.79 Å². The molecule has 1 nitrogen and oxygen atoms in total. The Hall–Kier alpha value is -0.590. The van der Waals surface area contributed by atoms with Crippen molar-refractivity contribution >= 4 is 6.29 Å².